The van der Waals surface area contributed by atoms with Gasteiger partial charge in [-0.2, -0.15) is 0 Å². The van der Waals surface area contributed by atoms with Crippen molar-refractivity contribution >= 4 is 12.4 Å². The maximum Gasteiger partial charge on any atom is 0.410 e. The van der Waals surface area contributed by atoms with E-state index in [2.05, 4.69) is 0 Å². The van der Waals surface area contributed by atoms with Gasteiger partial charge in [0.15, 0.2) is 0 Å². The lowest BCUT2D eigenvalue weighted by molar-refractivity contribution is -0.112. The lowest BCUT2D eigenvalue weighted by Crippen LogP contribution is -2.37. The fourth-order valence-electron chi connectivity index (χ4n) is 1.60. The number of benzene rings is 1. The molecule has 1 atom stereocenters. The molecule has 0 spiro atoms. The highest BCUT2D eigenvalue weighted by Gasteiger charge is 2.27. The quantitative estimate of drug-likeness (QED) is 0.829. The van der Waals surface area contributed by atoms with Crippen LogP contribution in [0.15, 0.2) is 18.2 Å². The molecule has 20 heavy (non-hydrogen) atoms. The van der Waals surface area contributed by atoms with E-state index < -0.39 is 17.7 Å². The zero-order valence-electron chi connectivity index (χ0n) is 12.0. The number of amides is 1. The highest BCUT2D eigenvalue weighted by atomic mass is 16.6. The molecule has 0 bridgehead atoms. The summed E-state index contributed by atoms with van der Waals surface area (Å²) in [6.45, 7) is 5.14. The molecular formula is C14H19NO5. The lowest BCUT2D eigenvalue weighted by Gasteiger charge is -2.28. The van der Waals surface area contributed by atoms with Gasteiger partial charge < -0.3 is 19.7 Å². The Kier molecular flexibility index (Phi) is 4.60. The molecular weight excluding hydrogens is 262 g/mol. The molecule has 0 aliphatic rings. The minimum absolute atomic E-state index is 0.129. The van der Waals surface area contributed by atoms with Crippen LogP contribution in [0.2, 0.25) is 0 Å². The molecule has 110 valence electrons. The average Bonchev–Trinajstić information content (AvgIpc) is 2.30. The molecule has 0 aliphatic carbocycles. The van der Waals surface area contributed by atoms with E-state index in [4.69, 9.17) is 4.74 Å². The first kappa shape index (κ1) is 15.8. The highest BCUT2D eigenvalue weighted by Crippen LogP contribution is 2.30. The van der Waals surface area contributed by atoms with Gasteiger partial charge in [0.2, 0.25) is 0 Å². The second kappa shape index (κ2) is 5.81. The van der Waals surface area contributed by atoms with E-state index in [0.717, 1.165) is 11.0 Å². The summed E-state index contributed by atoms with van der Waals surface area (Å²) in [6.07, 6.45) is -0.155. The molecule has 1 amide bonds. The normalized spacial score (nSPS) is 12.6. The Bertz CT molecular complexity index is 507. The number of ether oxygens (including phenoxy) is 1. The smallest absolute Gasteiger partial charge is 0.410 e. The Balaban J connectivity index is 3.01. The molecule has 2 N–H and O–H groups in total. The SMILES string of the molecule is CN(C(=O)OC(C)(C)C)C(C=O)c1ccc(O)cc1O. The Hall–Kier alpha value is -2.24. The summed E-state index contributed by atoms with van der Waals surface area (Å²) in [6, 6.07) is 2.82. The Morgan fingerprint density at radius 3 is 2.40 bits per heavy atom. The van der Waals surface area contributed by atoms with E-state index in [0.29, 0.717) is 6.29 Å². The highest BCUT2D eigenvalue weighted by molar-refractivity contribution is 5.75. The molecule has 0 radical (unpaired) electrons. The first-order chi connectivity index (χ1) is 9.15. The van der Waals surface area contributed by atoms with Crippen LogP contribution < -0.4 is 0 Å². The molecule has 1 rings (SSSR count). The molecule has 0 fully saturated rings. The summed E-state index contributed by atoms with van der Waals surface area (Å²) < 4.78 is 5.16. The molecule has 1 aromatic rings. The van der Waals surface area contributed by atoms with Crippen molar-refractivity contribution in [2.45, 2.75) is 32.4 Å². The van der Waals surface area contributed by atoms with Crippen molar-refractivity contribution in [3.8, 4) is 11.5 Å². The minimum Gasteiger partial charge on any atom is -0.508 e. The number of rotatable bonds is 3. The van der Waals surface area contributed by atoms with Gasteiger partial charge in [-0.1, -0.05) is 0 Å². The summed E-state index contributed by atoms with van der Waals surface area (Å²) in [7, 11) is 1.40. The van der Waals surface area contributed by atoms with Gasteiger partial charge in [-0.25, -0.2) is 4.79 Å². The first-order valence-corrected chi connectivity index (χ1v) is 6.08. The van der Waals surface area contributed by atoms with E-state index >= 15 is 0 Å². The monoisotopic (exact) mass is 281 g/mol. The van der Waals surface area contributed by atoms with Gasteiger partial charge in [0.1, 0.15) is 29.4 Å². The molecule has 1 aromatic carbocycles. The first-order valence-electron chi connectivity index (χ1n) is 6.08. The number of aromatic hydroxyl groups is 2. The van der Waals surface area contributed by atoms with Crippen molar-refractivity contribution in [3.63, 3.8) is 0 Å². The standard InChI is InChI=1S/C14H19NO5/c1-14(2,3)20-13(19)15(4)11(8-16)10-6-5-9(17)7-12(10)18/h5-8,11,17-18H,1-4H3. The summed E-state index contributed by atoms with van der Waals surface area (Å²) in [5, 5.41) is 19.0. The second-order valence-corrected chi connectivity index (χ2v) is 5.42. The summed E-state index contributed by atoms with van der Waals surface area (Å²) in [4.78, 5) is 24.2. The van der Waals surface area contributed by atoms with Crippen molar-refractivity contribution in [1.82, 2.24) is 4.90 Å². The van der Waals surface area contributed by atoms with Crippen LogP contribution in [0.25, 0.3) is 0 Å². The molecule has 6 nitrogen and oxygen atoms in total. The summed E-state index contributed by atoms with van der Waals surface area (Å²) >= 11 is 0. The number of phenolic OH excluding ortho intramolecular Hbond substituents is 2. The third-order valence-electron chi connectivity index (χ3n) is 2.56. The maximum atomic E-state index is 11.9. The molecule has 0 saturated carbocycles. The molecule has 0 heterocycles. The van der Waals surface area contributed by atoms with E-state index in [9.17, 15) is 19.8 Å². The van der Waals surface area contributed by atoms with Crippen LogP contribution in [-0.2, 0) is 9.53 Å². The number of hydrogen-bond donors (Lipinski definition) is 2. The Morgan fingerprint density at radius 2 is 1.95 bits per heavy atom. The Morgan fingerprint density at radius 1 is 1.35 bits per heavy atom. The molecule has 0 saturated heterocycles. The van der Waals surface area contributed by atoms with Crippen molar-refractivity contribution in [1.29, 1.82) is 0 Å². The fraction of sp³-hybridized carbons (Fsp3) is 0.429. The predicted octanol–water partition coefficient (Wildman–Crippen LogP) is 2.20. The average molecular weight is 281 g/mol. The van der Waals surface area contributed by atoms with Gasteiger partial charge in [0.05, 0.1) is 0 Å². The number of nitrogens with zero attached hydrogens (tertiary/aromatic N) is 1. The zero-order chi connectivity index (χ0) is 15.5. The van der Waals surface area contributed by atoms with Crippen LogP contribution in [-0.4, -0.2) is 40.1 Å². The Labute approximate surface area is 117 Å². The van der Waals surface area contributed by atoms with E-state index in [1.54, 1.807) is 20.8 Å². The molecule has 0 aromatic heterocycles. The van der Waals surface area contributed by atoms with Crippen molar-refractivity contribution in [3.05, 3.63) is 23.8 Å². The van der Waals surface area contributed by atoms with Gasteiger partial charge in [0, 0.05) is 18.7 Å². The van der Waals surface area contributed by atoms with E-state index in [-0.39, 0.29) is 17.1 Å². The van der Waals surface area contributed by atoms with Crippen LogP contribution in [0.3, 0.4) is 0 Å². The number of likely N-dealkylation sites (N-methyl/N-ethyl adjacent to an activating group) is 1. The zero-order valence-corrected chi connectivity index (χ0v) is 12.0. The van der Waals surface area contributed by atoms with E-state index in [1.165, 1.54) is 19.2 Å². The van der Waals surface area contributed by atoms with Gasteiger partial charge in [-0.3, -0.25) is 4.90 Å². The van der Waals surface area contributed by atoms with Crippen LogP contribution in [0.5, 0.6) is 11.5 Å². The molecule has 6 heteroatoms. The topological polar surface area (TPSA) is 87.1 Å². The number of aldehydes is 1. The fourth-order valence-corrected chi connectivity index (χ4v) is 1.60. The van der Waals surface area contributed by atoms with Crippen LogP contribution in [0.1, 0.15) is 32.4 Å². The van der Waals surface area contributed by atoms with Crippen molar-refractivity contribution in [2.24, 2.45) is 0 Å². The van der Waals surface area contributed by atoms with E-state index in [1.807, 2.05) is 0 Å². The summed E-state index contributed by atoms with van der Waals surface area (Å²) in [5.74, 6) is -0.395. The number of carbonyl (C=O) groups excluding carboxylic acids is 2. The lowest BCUT2D eigenvalue weighted by atomic mass is 10.1. The van der Waals surface area contributed by atoms with Gasteiger partial charge >= 0.3 is 6.09 Å². The van der Waals surface area contributed by atoms with Crippen LogP contribution >= 0.6 is 0 Å². The van der Waals surface area contributed by atoms with Gasteiger partial charge in [-0.05, 0) is 32.9 Å². The van der Waals surface area contributed by atoms with Gasteiger partial charge in [-0.15, -0.1) is 0 Å². The van der Waals surface area contributed by atoms with Crippen molar-refractivity contribution in [2.75, 3.05) is 7.05 Å². The van der Waals surface area contributed by atoms with Crippen molar-refractivity contribution < 1.29 is 24.5 Å². The second-order valence-electron chi connectivity index (χ2n) is 5.42. The largest absolute Gasteiger partial charge is 0.508 e. The maximum absolute atomic E-state index is 11.9. The predicted molar refractivity (Wildman–Crippen MR) is 72.6 cm³/mol. The number of carbonyl (C=O) groups is 2. The van der Waals surface area contributed by atoms with Crippen LogP contribution in [0, 0.1) is 0 Å². The summed E-state index contributed by atoms with van der Waals surface area (Å²) in [5.41, 5.74) is -0.471. The van der Waals surface area contributed by atoms with Gasteiger partial charge in [0.25, 0.3) is 0 Å². The molecule has 0 aliphatic heterocycles. The third-order valence-corrected chi connectivity index (χ3v) is 2.56. The number of phenols is 2. The molecule has 1 unspecified atom stereocenters. The number of hydrogen-bond acceptors (Lipinski definition) is 5. The van der Waals surface area contributed by atoms with Crippen LogP contribution in [0.4, 0.5) is 4.79 Å². The third kappa shape index (κ3) is 3.88. The minimum atomic E-state index is -0.995.